The second-order valence-electron chi connectivity index (χ2n) is 5.63. The van der Waals surface area contributed by atoms with Gasteiger partial charge in [0, 0.05) is 23.7 Å². The number of carbonyl (C=O) groups is 1. The SMILES string of the molecule is O=C(N/N=C/c1cccc([N+](=O)[O-])c1)C1CC(c2ccccc2)NN1. The molecule has 1 heterocycles. The maximum atomic E-state index is 12.2. The lowest BCUT2D eigenvalue weighted by Crippen LogP contribution is -2.41. The predicted molar refractivity (Wildman–Crippen MR) is 92.7 cm³/mol. The minimum Gasteiger partial charge on any atom is -0.271 e. The quantitative estimate of drug-likeness (QED) is 0.436. The Morgan fingerprint density at radius 1 is 1.20 bits per heavy atom. The van der Waals surface area contributed by atoms with Crippen LogP contribution in [0.1, 0.15) is 23.6 Å². The number of amides is 1. The lowest BCUT2D eigenvalue weighted by Gasteiger charge is -2.08. The molecule has 8 heteroatoms. The Kier molecular flexibility index (Phi) is 5.12. The Morgan fingerprint density at radius 3 is 2.76 bits per heavy atom. The monoisotopic (exact) mass is 339 g/mol. The van der Waals surface area contributed by atoms with Crippen LogP contribution in [-0.2, 0) is 4.79 Å². The molecule has 0 radical (unpaired) electrons. The molecule has 0 aliphatic carbocycles. The Hall–Kier alpha value is -3.10. The van der Waals surface area contributed by atoms with Crippen molar-refractivity contribution >= 4 is 17.8 Å². The van der Waals surface area contributed by atoms with E-state index < -0.39 is 11.0 Å². The highest BCUT2D eigenvalue weighted by Crippen LogP contribution is 2.21. The van der Waals surface area contributed by atoms with Gasteiger partial charge in [-0.05, 0) is 12.0 Å². The average Bonchev–Trinajstić information content (AvgIpc) is 3.13. The van der Waals surface area contributed by atoms with Crippen LogP contribution >= 0.6 is 0 Å². The number of carbonyl (C=O) groups excluding carboxylic acids is 1. The molecule has 3 rings (SSSR count). The number of hydrazone groups is 1. The number of non-ortho nitro benzene ring substituents is 1. The first-order chi connectivity index (χ1) is 12.1. The number of nitro benzene ring substituents is 1. The third-order valence-corrected chi connectivity index (χ3v) is 3.89. The zero-order valence-corrected chi connectivity index (χ0v) is 13.3. The fourth-order valence-electron chi connectivity index (χ4n) is 2.60. The summed E-state index contributed by atoms with van der Waals surface area (Å²) in [5.74, 6) is -0.271. The minimum atomic E-state index is -0.478. The van der Waals surface area contributed by atoms with Crippen molar-refractivity contribution in [2.75, 3.05) is 0 Å². The molecule has 25 heavy (non-hydrogen) atoms. The largest absolute Gasteiger partial charge is 0.271 e. The Labute approximate surface area is 144 Å². The molecule has 1 saturated heterocycles. The van der Waals surface area contributed by atoms with E-state index in [4.69, 9.17) is 0 Å². The summed E-state index contributed by atoms with van der Waals surface area (Å²) in [5, 5.41) is 14.6. The van der Waals surface area contributed by atoms with Gasteiger partial charge in [-0.2, -0.15) is 5.10 Å². The van der Waals surface area contributed by atoms with Crippen LogP contribution in [-0.4, -0.2) is 23.1 Å². The van der Waals surface area contributed by atoms with Gasteiger partial charge in [-0.1, -0.05) is 42.5 Å². The summed E-state index contributed by atoms with van der Waals surface area (Å²) in [6, 6.07) is 15.5. The first-order valence-electron chi connectivity index (χ1n) is 7.77. The Morgan fingerprint density at radius 2 is 2.00 bits per heavy atom. The van der Waals surface area contributed by atoms with Crippen molar-refractivity contribution in [1.29, 1.82) is 0 Å². The molecular formula is C17H17N5O3. The van der Waals surface area contributed by atoms with Gasteiger partial charge in [0.05, 0.1) is 11.1 Å². The van der Waals surface area contributed by atoms with Crippen molar-refractivity contribution in [3.05, 3.63) is 75.8 Å². The summed E-state index contributed by atoms with van der Waals surface area (Å²) in [5.41, 5.74) is 10.1. The summed E-state index contributed by atoms with van der Waals surface area (Å²) < 4.78 is 0. The van der Waals surface area contributed by atoms with Crippen LogP contribution in [0.3, 0.4) is 0 Å². The molecule has 1 fully saturated rings. The summed E-state index contributed by atoms with van der Waals surface area (Å²) in [7, 11) is 0. The fourth-order valence-corrected chi connectivity index (χ4v) is 2.60. The van der Waals surface area contributed by atoms with Gasteiger partial charge in [-0.25, -0.2) is 16.3 Å². The maximum absolute atomic E-state index is 12.2. The van der Waals surface area contributed by atoms with E-state index in [0.29, 0.717) is 12.0 Å². The van der Waals surface area contributed by atoms with Crippen LogP contribution in [0.15, 0.2) is 59.7 Å². The lowest BCUT2D eigenvalue weighted by atomic mass is 10.0. The molecule has 2 aromatic carbocycles. The van der Waals surface area contributed by atoms with Crippen molar-refractivity contribution in [2.45, 2.75) is 18.5 Å². The highest BCUT2D eigenvalue weighted by Gasteiger charge is 2.29. The highest BCUT2D eigenvalue weighted by molar-refractivity contribution is 5.85. The van der Waals surface area contributed by atoms with Crippen LogP contribution in [0.25, 0.3) is 0 Å². The van der Waals surface area contributed by atoms with Crippen molar-refractivity contribution in [3.63, 3.8) is 0 Å². The number of rotatable bonds is 5. The van der Waals surface area contributed by atoms with Gasteiger partial charge in [0.15, 0.2) is 0 Å². The topological polar surface area (TPSA) is 109 Å². The Balaban J connectivity index is 1.55. The van der Waals surface area contributed by atoms with Crippen molar-refractivity contribution < 1.29 is 9.72 Å². The number of benzene rings is 2. The van der Waals surface area contributed by atoms with E-state index in [2.05, 4.69) is 21.4 Å². The van der Waals surface area contributed by atoms with Gasteiger partial charge in [0.25, 0.3) is 11.6 Å². The van der Waals surface area contributed by atoms with Crippen LogP contribution < -0.4 is 16.3 Å². The van der Waals surface area contributed by atoms with Crippen LogP contribution in [0.5, 0.6) is 0 Å². The zero-order chi connectivity index (χ0) is 17.6. The first kappa shape index (κ1) is 16.7. The third kappa shape index (κ3) is 4.25. The average molecular weight is 339 g/mol. The molecule has 2 aromatic rings. The summed E-state index contributed by atoms with van der Waals surface area (Å²) in [4.78, 5) is 22.4. The molecular weight excluding hydrogens is 322 g/mol. The number of hydrogen-bond acceptors (Lipinski definition) is 6. The van der Waals surface area contributed by atoms with E-state index in [0.717, 1.165) is 5.56 Å². The van der Waals surface area contributed by atoms with Gasteiger partial charge >= 0.3 is 0 Å². The molecule has 1 aliphatic heterocycles. The second kappa shape index (κ2) is 7.65. The van der Waals surface area contributed by atoms with E-state index >= 15 is 0 Å². The zero-order valence-electron chi connectivity index (χ0n) is 13.3. The van der Waals surface area contributed by atoms with E-state index in [1.807, 2.05) is 30.3 Å². The van der Waals surface area contributed by atoms with Gasteiger partial charge in [0.1, 0.15) is 6.04 Å². The standard InChI is InChI=1S/C17H17N5O3/c23-17(16-10-15(19-20-16)13-6-2-1-3-7-13)21-18-11-12-5-4-8-14(9-12)22(24)25/h1-9,11,15-16,19-20H,10H2,(H,21,23)/b18-11+. The number of nitrogens with zero attached hydrogens (tertiary/aromatic N) is 2. The highest BCUT2D eigenvalue weighted by atomic mass is 16.6. The molecule has 128 valence electrons. The van der Waals surface area contributed by atoms with Crippen LogP contribution in [0, 0.1) is 10.1 Å². The number of nitrogens with one attached hydrogen (secondary N) is 3. The summed E-state index contributed by atoms with van der Waals surface area (Å²) in [6.45, 7) is 0. The summed E-state index contributed by atoms with van der Waals surface area (Å²) >= 11 is 0. The molecule has 0 spiro atoms. The Bertz CT molecular complexity index is 794. The molecule has 1 aliphatic rings. The van der Waals surface area contributed by atoms with Gasteiger partial charge in [-0.3, -0.25) is 14.9 Å². The van der Waals surface area contributed by atoms with Gasteiger partial charge < -0.3 is 0 Å². The molecule has 0 saturated carbocycles. The van der Waals surface area contributed by atoms with E-state index in [9.17, 15) is 14.9 Å². The molecule has 1 amide bonds. The predicted octanol–water partition coefficient (Wildman–Crippen LogP) is 1.65. The second-order valence-corrected chi connectivity index (χ2v) is 5.63. The minimum absolute atomic E-state index is 0.0253. The number of nitro groups is 1. The summed E-state index contributed by atoms with van der Waals surface area (Å²) in [6.07, 6.45) is 1.98. The van der Waals surface area contributed by atoms with E-state index in [-0.39, 0.29) is 17.6 Å². The molecule has 8 nitrogen and oxygen atoms in total. The molecule has 2 atom stereocenters. The van der Waals surface area contributed by atoms with Crippen molar-refractivity contribution in [1.82, 2.24) is 16.3 Å². The van der Waals surface area contributed by atoms with Gasteiger partial charge in [0.2, 0.25) is 0 Å². The fraction of sp³-hybridized carbons (Fsp3) is 0.176. The molecule has 0 aromatic heterocycles. The molecule has 0 bridgehead atoms. The van der Waals surface area contributed by atoms with Crippen molar-refractivity contribution in [3.8, 4) is 0 Å². The van der Waals surface area contributed by atoms with Crippen LogP contribution in [0.4, 0.5) is 5.69 Å². The molecule has 3 N–H and O–H groups in total. The number of hydrogen-bond donors (Lipinski definition) is 3. The van der Waals surface area contributed by atoms with Crippen LogP contribution in [0.2, 0.25) is 0 Å². The third-order valence-electron chi connectivity index (χ3n) is 3.89. The van der Waals surface area contributed by atoms with Gasteiger partial charge in [-0.15, -0.1) is 0 Å². The number of hydrazine groups is 1. The lowest BCUT2D eigenvalue weighted by molar-refractivity contribution is -0.384. The molecule has 2 unspecified atom stereocenters. The van der Waals surface area contributed by atoms with E-state index in [1.165, 1.54) is 18.3 Å². The smallest absolute Gasteiger partial charge is 0.270 e. The van der Waals surface area contributed by atoms with E-state index in [1.54, 1.807) is 12.1 Å². The van der Waals surface area contributed by atoms with Crippen molar-refractivity contribution in [2.24, 2.45) is 5.10 Å². The normalized spacial score (nSPS) is 19.8. The first-order valence-corrected chi connectivity index (χ1v) is 7.77. The maximum Gasteiger partial charge on any atom is 0.270 e.